The molecule has 0 amide bonds. The molecule has 2 atom stereocenters. The fourth-order valence-corrected chi connectivity index (χ4v) is 6.35. The number of guanidine groups is 1. The molecule has 0 radical (unpaired) electrons. The van der Waals surface area contributed by atoms with Crippen LogP contribution in [0.1, 0.15) is 90.2 Å². The molecule has 0 aliphatic carbocycles. The summed E-state index contributed by atoms with van der Waals surface area (Å²) < 4.78 is 39.4. The highest BCUT2D eigenvalue weighted by atomic mass is 32.2. The molecule has 51 heavy (non-hydrogen) atoms. The van der Waals surface area contributed by atoms with Crippen LogP contribution in [0.3, 0.4) is 0 Å². The number of thioether (sulfide) groups is 2. The standard InChI is InChI=1S/C22H31N7O.C15H22F3NS2/c1-14(25-10-5-11-26-20(23)24)15-6-8-17(9-7-15)29-13-16-12-18(22(2,3)4)27-19(16)28-21(29)30;1-10(8-19)20-9-11-5-12(14(2,3)4)7-13(6-11)21-15(16,17)18/h6-9,12-14,25H,5,10-11H2,1-4H3,(H4,23,24,26)(H,27,28,30);5-7,10H,8-9,19H2,1-4H3/t14-;/m0./s1. The minimum absolute atomic E-state index is 0.0390. The second-order valence-electron chi connectivity index (χ2n) is 14.6. The summed E-state index contributed by atoms with van der Waals surface area (Å²) in [4.78, 5) is 24.3. The third kappa shape index (κ3) is 13.6. The van der Waals surface area contributed by atoms with Crippen LogP contribution in [0, 0.1) is 0 Å². The number of benzene rings is 2. The summed E-state index contributed by atoms with van der Waals surface area (Å²) in [5, 5.41) is 4.66. The van der Waals surface area contributed by atoms with Gasteiger partial charge in [0.2, 0.25) is 0 Å². The number of alkyl halides is 3. The molecule has 0 spiro atoms. The van der Waals surface area contributed by atoms with Crippen molar-refractivity contribution >= 4 is 40.5 Å². The van der Waals surface area contributed by atoms with E-state index in [0.29, 0.717) is 29.7 Å². The summed E-state index contributed by atoms with van der Waals surface area (Å²) in [6.45, 7) is 18.5. The Morgan fingerprint density at radius 3 is 2.24 bits per heavy atom. The zero-order chi connectivity index (χ0) is 38.1. The topological polar surface area (TPSA) is 153 Å². The number of nitrogens with one attached hydrogen (secondary N) is 2. The summed E-state index contributed by atoms with van der Waals surface area (Å²) in [7, 11) is 0. The number of H-pyrrole nitrogens is 1. The van der Waals surface area contributed by atoms with Crippen molar-refractivity contribution in [1.29, 1.82) is 0 Å². The first kappa shape index (κ1) is 42.0. The third-order valence-electron chi connectivity index (χ3n) is 8.00. The lowest BCUT2D eigenvalue weighted by Gasteiger charge is -2.22. The lowest BCUT2D eigenvalue weighted by molar-refractivity contribution is -0.0328. The van der Waals surface area contributed by atoms with E-state index >= 15 is 0 Å². The summed E-state index contributed by atoms with van der Waals surface area (Å²) in [6.07, 6.45) is 2.70. The van der Waals surface area contributed by atoms with E-state index in [1.165, 1.54) is 0 Å². The molecule has 0 saturated heterocycles. The first-order valence-corrected chi connectivity index (χ1v) is 18.8. The van der Waals surface area contributed by atoms with Crippen molar-refractivity contribution in [2.45, 2.75) is 100 Å². The zero-order valence-corrected chi connectivity index (χ0v) is 32.5. The molecule has 0 saturated carbocycles. The molecule has 0 aliphatic heterocycles. The molecule has 9 nitrogen and oxygen atoms in total. The number of aromatic amines is 1. The Morgan fingerprint density at radius 1 is 1.00 bits per heavy atom. The predicted octanol–water partition coefficient (Wildman–Crippen LogP) is 7.50. The predicted molar refractivity (Wildman–Crippen MR) is 209 cm³/mol. The fourth-order valence-electron chi connectivity index (χ4n) is 4.91. The van der Waals surface area contributed by atoms with Crippen molar-refractivity contribution in [3.8, 4) is 5.69 Å². The van der Waals surface area contributed by atoms with E-state index in [1.54, 1.807) is 28.5 Å². The minimum atomic E-state index is -4.26. The van der Waals surface area contributed by atoms with E-state index in [0.717, 1.165) is 46.4 Å². The molecule has 0 aliphatic rings. The molecule has 0 fully saturated rings. The SMILES string of the molecule is CC(CN)SCc1cc(SC(F)(F)F)cc(C(C)(C)C)c1.C[C@H](NCCCN=C(N)N)c1ccc(-n2cc3cc(C(C)(C)C)[nH]c3nc2=O)cc1. The maximum absolute atomic E-state index is 12.6. The highest BCUT2D eigenvalue weighted by Crippen LogP contribution is 2.39. The van der Waals surface area contributed by atoms with E-state index in [4.69, 9.17) is 17.2 Å². The van der Waals surface area contributed by atoms with Crippen LogP contribution in [0.4, 0.5) is 13.2 Å². The van der Waals surface area contributed by atoms with Gasteiger partial charge in [-0.1, -0.05) is 66.7 Å². The first-order valence-electron chi connectivity index (χ1n) is 16.9. The van der Waals surface area contributed by atoms with Gasteiger partial charge in [-0.25, -0.2) is 4.79 Å². The maximum Gasteiger partial charge on any atom is 0.446 e. The first-order chi connectivity index (χ1) is 23.7. The molecule has 14 heteroatoms. The van der Waals surface area contributed by atoms with Gasteiger partial charge >= 0.3 is 11.2 Å². The van der Waals surface area contributed by atoms with Crippen LogP contribution >= 0.6 is 23.5 Å². The normalized spacial score (nSPS) is 13.4. The number of hydrogen-bond donors (Lipinski definition) is 5. The van der Waals surface area contributed by atoms with Crippen LogP contribution in [0.2, 0.25) is 0 Å². The van der Waals surface area contributed by atoms with Crippen LogP contribution in [0.25, 0.3) is 16.7 Å². The van der Waals surface area contributed by atoms with Gasteiger partial charge in [-0.2, -0.15) is 29.9 Å². The van der Waals surface area contributed by atoms with Crippen molar-refractivity contribution in [2.75, 3.05) is 19.6 Å². The number of halogens is 3. The number of hydrogen-bond acceptors (Lipinski definition) is 7. The summed E-state index contributed by atoms with van der Waals surface area (Å²) in [5.41, 5.74) is 16.9. The van der Waals surface area contributed by atoms with Crippen LogP contribution < -0.4 is 28.2 Å². The Balaban J connectivity index is 0.000000295. The summed E-state index contributed by atoms with van der Waals surface area (Å²) in [5.74, 6) is 0.795. The Morgan fingerprint density at radius 2 is 1.67 bits per heavy atom. The molecular weight excluding hydrogens is 694 g/mol. The Kier molecular flexibility index (Phi) is 14.7. The van der Waals surface area contributed by atoms with Gasteiger partial charge in [0.1, 0.15) is 5.65 Å². The van der Waals surface area contributed by atoms with Gasteiger partial charge in [0, 0.05) is 57.7 Å². The molecule has 2 aromatic heterocycles. The largest absolute Gasteiger partial charge is 0.446 e. The molecule has 280 valence electrons. The number of rotatable bonds is 12. The third-order valence-corrected chi connectivity index (χ3v) is 9.96. The molecule has 4 aromatic rings. The number of aliphatic imine (C=N–C) groups is 1. The minimum Gasteiger partial charge on any atom is -0.370 e. The molecular formula is C37H53F3N8OS2. The molecule has 2 aromatic carbocycles. The van der Waals surface area contributed by atoms with E-state index in [1.807, 2.05) is 64.2 Å². The highest BCUT2D eigenvalue weighted by Gasteiger charge is 2.30. The molecule has 2 heterocycles. The van der Waals surface area contributed by atoms with Gasteiger partial charge in [-0.05, 0) is 84.1 Å². The Hall–Kier alpha value is -3.46. The van der Waals surface area contributed by atoms with Crippen LogP contribution in [-0.2, 0) is 16.6 Å². The van der Waals surface area contributed by atoms with Gasteiger partial charge in [0.05, 0.1) is 5.69 Å². The van der Waals surface area contributed by atoms with E-state index < -0.39 is 5.51 Å². The molecule has 0 bridgehead atoms. The fraction of sp³-hybridized carbons (Fsp3) is 0.486. The monoisotopic (exact) mass is 746 g/mol. The van der Waals surface area contributed by atoms with Crippen molar-refractivity contribution < 1.29 is 13.2 Å². The Labute approximate surface area is 307 Å². The smallest absolute Gasteiger partial charge is 0.370 e. The van der Waals surface area contributed by atoms with Crippen LogP contribution in [0.5, 0.6) is 0 Å². The Bertz CT molecular complexity index is 1800. The number of nitrogens with two attached hydrogens (primary N) is 3. The number of aromatic nitrogens is 3. The lowest BCUT2D eigenvalue weighted by Crippen LogP contribution is -2.24. The number of nitrogens with zero attached hydrogens (tertiary/aromatic N) is 3. The number of fused-ring (bicyclic) bond motifs is 1. The quantitative estimate of drug-likeness (QED) is 0.0433. The maximum atomic E-state index is 12.6. The van der Waals surface area contributed by atoms with Crippen LogP contribution in [-0.4, -0.2) is 50.9 Å². The van der Waals surface area contributed by atoms with Gasteiger partial charge < -0.3 is 27.5 Å². The van der Waals surface area contributed by atoms with E-state index in [9.17, 15) is 18.0 Å². The van der Waals surface area contributed by atoms with Gasteiger partial charge in [0.15, 0.2) is 5.96 Å². The molecule has 8 N–H and O–H groups in total. The average Bonchev–Trinajstić information content (AvgIpc) is 3.45. The van der Waals surface area contributed by atoms with E-state index in [-0.39, 0.29) is 45.2 Å². The second-order valence-corrected chi connectivity index (χ2v) is 17.1. The van der Waals surface area contributed by atoms with Crippen LogP contribution in [0.15, 0.2) is 69.4 Å². The van der Waals surface area contributed by atoms with Crippen molar-refractivity contribution in [1.82, 2.24) is 19.9 Å². The van der Waals surface area contributed by atoms with Gasteiger partial charge in [0.25, 0.3) is 0 Å². The zero-order valence-electron chi connectivity index (χ0n) is 30.8. The highest BCUT2D eigenvalue weighted by molar-refractivity contribution is 8.00. The second kappa shape index (κ2) is 17.8. The van der Waals surface area contributed by atoms with Crippen molar-refractivity contribution in [3.05, 3.63) is 87.6 Å². The molecule has 4 rings (SSSR count). The van der Waals surface area contributed by atoms with Crippen molar-refractivity contribution in [2.24, 2.45) is 22.2 Å². The summed E-state index contributed by atoms with van der Waals surface area (Å²) >= 11 is 1.61. The molecule has 1 unspecified atom stereocenters. The summed E-state index contributed by atoms with van der Waals surface area (Å²) in [6, 6.07) is 15.4. The van der Waals surface area contributed by atoms with Gasteiger partial charge in [-0.15, -0.1) is 0 Å². The average molecular weight is 747 g/mol. The van der Waals surface area contributed by atoms with E-state index in [2.05, 4.69) is 54.0 Å². The van der Waals surface area contributed by atoms with Crippen molar-refractivity contribution in [3.63, 3.8) is 0 Å². The lowest BCUT2D eigenvalue weighted by atomic mass is 9.86. The van der Waals surface area contributed by atoms with Gasteiger partial charge in [-0.3, -0.25) is 9.56 Å².